The Morgan fingerprint density at radius 2 is 1.77 bits per heavy atom. The Labute approximate surface area is 237 Å². The summed E-state index contributed by atoms with van der Waals surface area (Å²) in [7, 11) is 0. The van der Waals surface area contributed by atoms with Crippen LogP contribution in [0.2, 0.25) is 0 Å². The first-order valence-corrected chi connectivity index (χ1v) is 15.0. The fourth-order valence-electron chi connectivity index (χ4n) is 6.37. The van der Waals surface area contributed by atoms with Gasteiger partial charge in [0.2, 0.25) is 0 Å². The third-order valence-corrected chi connectivity index (χ3v) is 8.56. The molecule has 8 heteroatoms. The molecular weight excluding hydrogens is 498 g/mol. The molecule has 0 aliphatic heterocycles. The highest BCUT2D eigenvalue weighted by molar-refractivity contribution is 5.79. The van der Waals surface area contributed by atoms with Crippen LogP contribution in [0.3, 0.4) is 0 Å². The van der Waals surface area contributed by atoms with Gasteiger partial charge in [-0.2, -0.15) is 0 Å². The van der Waals surface area contributed by atoms with Crippen LogP contribution in [0, 0.1) is 11.3 Å². The Kier molecular flexibility index (Phi) is 8.62. The number of tetrazole rings is 1. The Balaban J connectivity index is 1.46. The topological polar surface area (TPSA) is 94.3 Å². The molecule has 0 spiro atoms. The number of hydrogen-bond donors (Lipinski definition) is 1. The van der Waals surface area contributed by atoms with E-state index in [1.807, 2.05) is 41.1 Å². The van der Waals surface area contributed by atoms with Gasteiger partial charge in [0.15, 0.2) is 5.82 Å². The summed E-state index contributed by atoms with van der Waals surface area (Å²) in [6.07, 6.45) is 14.4. The lowest BCUT2D eigenvalue weighted by molar-refractivity contribution is 0.126. The number of aryl methyl sites for hydroxylation is 1. The van der Waals surface area contributed by atoms with Crippen molar-refractivity contribution < 1.29 is 0 Å². The van der Waals surface area contributed by atoms with Gasteiger partial charge < -0.3 is 0 Å². The average Bonchev–Trinajstić information content (AvgIpc) is 3.56. The molecule has 1 aliphatic carbocycles. The summed E-state index contributed by atoms with van der Waals surface area (Å²) in [4.78, 5) is 18.9. The van der Waals surface area contributed by atoms with Crippen molar-refractivity contribution in [1.82, 2.24) is 34.7 Å². The number of hydrogen-bond acceptors (Lipinski definition) is 5. The molecule has 1 N–H and O–H groups in total. The van der Waals surface area contributed by atoms with Gasteiger partial charge in [-0.15, -0.1) is 5.10 Å². The number of H-pyrrole nitrogens is 1. The van der Waals surface area contributed by atoms with Gasteiger partial charge >= 0.3 is 5.69 Å². The van der Waals surface area contributed by atoms with Crippen LogP contribution in [0.4, 0.5) is 0 Å². The van der Waals surface area contributed by atoms with E-state index in [1.165, 1.54) is 32.1 Å². The molecule has 40 heavy (non-hydrogen) atoms. The summed E-state index contributed by atoms with van der Waals surface area (Å²) in [5, 5.41) is 14.4. The molecule has 4 aromatic rings. The monoisotopic (exact) mass is 541 g/mol. The molecular formula is C32H43N7O. The average molecular weight is 542 g/mol. The Morgan fingerprint density at radius 3 is 2.45 bits per heavy atom. The Hall–Kier alpha value is -3.55. The largest absolute Gasteiger partial charge is 0.328 e. The van der Waals surface area contributed by atoms with E-state index >= 15 is 0 Å². The Bertz CT molecular complexity index is 1430. The number of aromatic nitrogens is 7. The first kappa shape index (κ1) is 28.0. The molecule has 0 saturated heterocycles. The van der Waals surface area contributed by atoms with Gasteiger partial charge in [-0.3, -0.25) is 14.1 Å². The zero-order chi connectivity index (χ0) is 28.1. The molecule has 3 heterocycles. The zero-order valence-electron chi connectivity index (χ0n) is 24.4. The number of imidazole rings is 1. The van der Waals surface area contributed by atoms with Crippen LogP contribution in [0.5, 0.6) is 0 Å². The van der Waals surface area contributed by atoms with Crippen LogP contribution in [0.1, 0.15) is 96.5 Å². The second kappa shape index (κ2) is 12.3. The lowest BCUT2D eigenvalue weighted by atomic mass is 9.71. The number of nitrogens with zero attached hydrogens (tertiary/aromatic N) is 6. The molecule has 1 aliphatic rings. The highest BCUT2D eigenvalue weighted by Gasteiger charge is 2.35. The second-order valence-electron chi connectivity index (χ2n) is 12.4. The number of pyridine rings is 1. The van der Waals surface area contributed by atoms with E-state index in [2.05, 4.69) is 65.1 Å². The van der Waals surface area contributed by atoms with Gasteiger partial charge in [-0.1, -0.05) is 90.1 Å². The lowest BCUT2D eigenvalue weighted by Gasteiger charge is -2.39. The standard InChI is InChI=1S/C32H43N7O/c1-5-6-13-25-22-39(29-17-10-8-7-9-16-28(29)32(2,3)4)31(40)38(25)21-24-19-18-23(20-33-24)26-14-11-12-15-27(26)30-34-36-37-35-30/h11-12,14-15,18-20,22,28-29H,5-10,13,16-17,21H2,1-4H3,(H,34,35,36,37). The number of benzene rings is 1. The van der Waals surface area contributed by atoms with E-state index in [0.717, 1.165) is 53.8 Å². The van der Waals surface area contributed by atoms with Gasteiger partial charge in [0, 0.05) is 35.3 Å². The maximum absolute atomic E-state index is 14.1. The molecule has 5 rings (SSSR count). The van der Waals surface area contributed by atoms with Crippen molar-refractivity contribution in [2.24, 2.45) is 11.3 Å². The molecule has 212 valence electrons. The molecule has 1 saturated carbocycles. The maximum atomic E-state index is 14.1. The van der Waals surface area contributed by atoms with E-state index < -0.39 is 0 Å². The van der Waals surface area contributed by atoms with Crippen molar-refractivity contribution in [2.75, 3.05) is 0 Å². The first-order chi connectivity index (χ1) is 19.4. The molecule has 8 nitrogen and oxygen atoms in total. The van der Waals surface area contributed by atoms with Crippen LogP contribution in [-0.4, -0.2) is 34.7 Å². The first-order valence-electron chi connectivity index (χ1n) is 15.0. The van der Waals surface area contributed by atoms with Gasteiger partial charge in [0.1, 0.15) is 0 Å². The smallest absolute Gasteiger partial charge is 0.296 e. The van der Waals surface area contributed by atoms with E-state index in [4.69, 9.17) is 4.98 Å². The molecule has 2 atom stereocenters. The van der Waals surface area contributed by atoms with Crippen molar-refractivity contribution in [1.29, 1.82) is 0 Å². The highest BCUT2D eigenvalue weighted by Crippen LogP contribution is 2.42. The van der Waals surface area contributed by atoms with Crippen LogP contribution >= 0.6 is 0 Å². The van der Waals surface area contributed by atoms with E-state index in [-0.39, 0.29) is 17.1 Å². The molecule has 3 aromatic heterocycles. The minimum Gasteiger partial charge on any atom is -0.296 e. The van der Waals surface area contributed by atoms with Crippen LogP contribution in [0.25, 0.3) is 22.5 Å². The number of unbranched alkanes of at least 4 members (excludes halogenated alkanes) is 1. The van der Waals surface area contributed by atoms with Gasteiger partial charge in [0.25, 0.3) is 0 Å². The fraction of sp³-hybridized carbons (Fsp3) is 0.531. The summed E-state index contributed by atoms with van der Waals surface area (Å²) < 4.78 is 4.08. The minimum absolute atomic E-state index is 0.111. The fourth-order valence-corrected chi connectivity index (χ4v) is 6.37. The van der Waals surface area contributed by atoms with Crippen molar-refractivity contribution >= 4 is 0 Å². The molecule has 1 aromatic carbocycles. The molecule has 0 radical (unpaired) electrons. The van der Waals surface area contributed by atoms with Gasteiger partial charge in [-0.25, -0.2) is 9.89 Å². The third-order valence-electron chi connectivity index (χ3n) is 8.56. The minimum atomic E-state index is 0.111. The normalized spacial score (nSPS) is 18.4. The maximum Gasteiger partial charge on any atom is 0.328 e. The predicted molar refractivity (Wildman–Crippen MR) is 159 cm³/mol. The third kappa shape index (κ3) is 6.11. The summed E-state index contributed by atoms with van der Waals surface area (Å²) >= 11 is 0. The van der Waals surface area contributed by atoms with Crippen LogP contribution in [-0.2, 0) is 13.0 Å². The molecule has 2 unspecified atom stereocenters. The SMILES string of the molecule is CCCCc1cn(C2CCCCCCC2C(C)(C)C)c(=O)n1Cc1ccc(-c2ccccc2-c2nnn[nH]2)cn1. The van der Waals surface area contributed by atoms with E-state index in [0.29, 0.717) is 18.3 Å². The number of nitrogens with one attached hydrogen (secondary N) is 1. The zero-order valence-corrected chi connectivity index (χ0v) is 24.4. The number of rotatable bonds is 8. The summed E-state index contributed by atoms with van der Waals surface area (Å²) in [6, 6.07) is 12.4. The van der Waals surface area contributed by atoms with Crippen LogP contribution in [0.15, 0.2) is 53.6 Å². The van der Waals surface area contributed by atoms with Crippen molar-refractivity contribution in [2.45, 2.75) is 98.1 Å². The molecule has 1 fully saturated rings. The van der Waals surface area contributed by atoms with E-state index in [1.54, 1.807) is 0 Å². The van der Waals surface area contributed by atoms with Crippen molar-refractivity contribution in [3.63, 3.8) is 0 Å². The highest BCUT2D eigenvalue weighted by atomic mass is 16.1. The van der Waals surface area contributed by atoms with Gasteiger partial charge in [0.05, 0.1) is 12.2 Å². The number of aromatic amines is 1. The summed E-state index contributed by atoms with van der Waals surface area (Å²) in [5.74, 6) is 1.10. The predicted octanol–water partition coefficient (Wildman–Crippen LogP) is 6.84. The van der Waals surface area contributed by atoms with Crippen molar-refractivity contribution in [3.05, 3.63) is 70.7 Å². The summed E-state index contributed by atoms with van der Waals surface area (Å²) in [6.45, 7) is 9.71. The lowest BCUT2D eigenvalue weighted by Crippen LogP contribution is -2.37. The summed E-state index contributed by atoms with van der Waals surface area (Å²) in [5.41, 5.74) is 5.17. The molecule has 0 amide bonds. The quantitative estimate of drug-likeness (QED) is 0.263. The van der Waals surface area contributed by atoms with E-state index in [9.17, 15) is 4.79 Å². The van der Waals surface area contributed by atoms with Gasteiger partial charge in [-0.05, 0) is 59.1 Å². The second-order valence-corrected chi connectivity index (χ2v) is 12.4. The molecule has 0 bridgehead atoms. The van der Waals surface area contributed by atoms with Crippen LogP contribution < -0.4 is 5.69 Å². The Morgan fingerprint density at radius 1 is 1.00 bits per heavy atom. The van der Waals surface area contributed by atoms with Crippen molar-refractivity contribution in [3.8, 4) is 22.5 Å².